The van der Waals surface area contributed by atoms with Crippen molar-refractivity contribution in [1.29, 1.82) is 0 Å². The lowest BCUT2D eigenvalue weighted by atomic mass is 10.1. The molecule has 2 aromatic carbocycles. The first-order chi connectivity index (χ1) is 11.1. The molecule has 0 radical (unpaired) electrons. The smallest absolute Gasteiger partial charge is 0.382 e. The number of fused-ring (bicyclic) bond motifs is 1. The Morgan fingerprint density at radius 1 is 1.17 bits per heavy atom. The van der Waals surface area contributed by atoms with E-state index in [1.54, 1.807) is 12.1 Å². The molecule has 0 fully saturated rings. The molecule has 0 aliphatic carbocycles. The lowest BCUT2D eigenvalue weighted by Gasteiger charge is -2.12. The molecular formula is C16H15F3N2O2S. The maximum atomic E-state index is 12.7. The van der Waals surface area contributed by atoms with Crippen LogP contribution in [0.3, 0.4) is 0 Å². The van der Waals surface area contributed by atoms with Gasteiger partial charge in [0.2, 0.25) is 0 Å². The fraction of sp³-hybridized carbons (Fsp3) is 0.250. The van der Waals surface area contributed by atoms with Crippen LogP contribution in [0, 0.1) is 0 Å². The second-order valence-electron chi connectivity index (χ2n) is 5.75. The Labute approximate surface area is 137 Å². The van der Waals surface area contributed by atoms with E-state index in [0.717, 1.165) is 29.4 Å². The summed E-state index contributed by atoms with van der Waals surface area (Å²) in [4.78, 5) is 0.0227. The molecule has 8 heteroatoms. The van der Waals surface area contributed by atoms with Gasteiger partial charge in [0.1, 0.15) is 0 Å². The van der Waals surface area contributed by atoms with Crippen molar-refractivity contribution >= 4 is 21.4 Å². The minimum atomic E-state index is -4.53. The molecule has 0 spiro atoms. The van der Waals surface area contributed by atoms with Crippen molar-refractivity contribution in [3.05, 3.63) is 53.6 Å². The van der Waals surface area contributed by atoms with E-state index in [1.807, 2.05) is 6.92 Å². The molecule has 3 rings (SSSR count). The van der Waals surface area contributed by atoms with Crippen molar-refractivity contribution in [2.75, 3.05) is 10.0 Å². The average molecular weight is 356 g/mol. The molecule has 0 saturated heterocycles. The molecule has 0 amide bonds. The topological polar surface area (TPSA) is 58.2 Å². The molecule has 0 aromatic heterocycles. The number of rotatable bonds is 3. The normalized spacial score (nSPS) is 17.2. The summed E-state index contributed by atoms with van der Waals surface area (Å²) in [6, 6.07) is 8.96. The summed E-state index contributed by atoms with van der Waals surface area (Å²) < 4.78 is 65.2. The van der Waals surface area contributed by atoms with E-state index in [9.17, 15) is 21.6 Å². The number of hydrogen-bond acceptors (Lipinski definition) is 3. The molecule has 1 aliphatic heterocycles. The maximum Gasteiger partial charge on any atom is 0.416 e. The van der Waals surface area contributed by atoms with Gasteiger partial charge >= 0.3 is 6.18 Å². The number of hydrogen-bond donors (Lipinski definition) is 2. The van der Waals surface area contributed by atoms with Gasteiger partial charge in [-0.15, -0.1) is 0 Å². The van der Waals surface area contributed by atoms with Gasteiger partial charge in [-0.25, -0.2) is 8.42 Å². The molecular weight excluding hydrogens is 341 g/mol. The van der Waals surface area contributed by atoms with Gasteiger partial charge in [-0.3, -0.25) is 4.72 Å². The standard InChI is InChI=1S/C16H15F3N2O2S/c1-10-7-11-8-14(5-6-15(11)20-10)24(22,23)21-13-4-2-3-12(9-13)16(17,18)19/h2-6,8-10,20-21H,7H2,1H3. The van der Waals surface area contributed by atoms with E-state index >= 15 is 0 Å². The van der Waals surface area contributed by atoms with Crippen LogP contribution in [-0.4, -0.2) is 14.5 Å². The van der Waals surface area contributed by atoms with E-state index < -0.39 is 21.8 Å². The second kappa shape index (κ2) is 5.70. The zero-order chi connectivity index (χ0) is 17.5. The summed E-state index contributed by atoms with van der Waals surface area (Å²) in [6.07, 6.45) is -3.83. The predicted molar refractivity (Wildman–Crippen MR) is 85.5 cm³/mol. The monoisotopic (exact) mass is 356 g/mol. The van der Waals surface area contributed by atoms with E-state index in [0.29, 0.717) is 6.42 Å². The van der Waals surface area contributed by atoms with E-state index in [2.05, 4.69) is 10.0 Å². The molecule has 4 nitrogen and oxygen atoms in total. The summed E-state index contributed by atoms with van der Waals surface area (Å²) in [7, 11) is -3.96. The van der Waals surface area contributed by atoms with Gasteiger partial charge in [0.15, 0.2) is 0 Å². The van der Waals surface area contributed by atoms with Crippen molar-refractivity contribution < 1.29 is 21.6 Å². The van der Waals surface area contributed by atoms with Crippen molar-refractivity contribution in [1.82, 2.24) is 0 Å². The van der Waals surface area contributed by atoms with E-state index in [-0.39, 0.29) is 16.6 Å². The Morgan fingerprint density at radius 2 is 1.92 bits per heavy atom. The molecule has 1 atom stereocenters. The summed E-state index contributed by atoms with van der Waals surface area (Å²) in [6.45, 7) is 1.98. The Kier molecular flexibility index (Phi) is 3.95. The van der Waals surface area contributed by atoms with Crippen LogP contribution in [0.1, 0.15) is 18.1 Å². The highest BCUT2D eigenvalue weighted by atomic mass is 32.2. The summed E-state index contributed by atoms with van der Waals surface area (Å²) in [5.41, 5.74) is 0.710. The minimum Gasteiger partial charge on any atom is -0.382 e. The van der Waals surface area contributed by atoms with E-state index in [1.165, 1.54) is 12.1 Å². The second-order valence-corrected chi connectivity index (χ2v) is 7.43. The van der Waals surface area contributed by atoms with Crippen LogP contribution < -0.4 is 10.0 Å². The number of anilines is 2. The number of halogens is 3. The van der Waals surface area contributed by atoms with Crippen LogP contribution in [-0.2, 0) is 22.6 Å². The Balaban J connectivity index is 1.89. The predicted octanol–water partition coefficient (Wildman–Crippen LogP) is 3.86. The lowest BCUT2D eigenvalue weighted by Crippen LogP contribution is -2.14. The van der Waals surface area contributed by atoms with Gasteiger partial charge in [-0.05, 0) is 55.3 Å². The highest BCUT2D eigenvalue weighted by molar-refractivity contribution is 7.92. The average Bonchev–Trinajstić information content (AvgIpc) is 2.85. The SMILES string of the molecule is CC1Cc2cc(S(=O)(=O)Nc3cccc(C(F)(F)F)c3)ccc2N1. The number of sulfonamides is 1. The molecule has 24 heavy (non-hydrogen) atoms. The highest BCUT2D eigenvalue weighted by Gasteiger charge is 2.31. The third kappa shape index (κ3) is 3.33. The fourth-order valence-corrected chi connectivity index (χ4v) is 3.77. The quantitative estimate of drug-likeness (QED) is 0.878. The molecule has 0 bridgehead atoms. The van der Waals surface area contributed by atoms with Gasteiger partial charge in [0, 0.05) is 17.4 Å². The van der Waals surface area contributed by atoms with Crippen molar-refractivity contribution in [2.24, 2.45) is 0 Å². The van der Waals surface area contributed by atoms with Crippen LogP contribution >= 0.6 is 0 Å². The van der Waals surface area contributed by atoms with Gasteiger partial charge in [0.25, 0.3) is 10.0 Å². The van der Waals surface area contributed by atoms with Crippen molar-refractivity contribution in [2.45, 2.75) is 30.5 Å². The highest BCUT2D eigenvalue weighted by Crippen LogP contribution is 2.32. The van der Waals surface area contributed by atoms with Crippen LogP contribution in [0.5, 0.6) is 0 Å². The fourth-order valence-electron chi connectivity index (χ4n) is 2.67. The van der Waals surface area contributed by atoms with Crippen molar-refractivity contribution in [3.8, 4) is 0 Å². The van der Waals surface area contributed by atoms with Crippen LogP contribution in [0.2, 0.25) is 0 Å². The largest absolute Gasteiger partial charge is 0.416 e. The number of nitrogens with one attached hydrogen (secondary N) is 2. The Morgan fingerprint density at radius 3 is 2.62 bits per heavy atom. The summed E-state index contributed by atoms with van der Waals surface area (Å²) in [5.74, 6) is 0. The molecule has 2 N–H and O–H groups in total. The lowest BCUT2D eigenvalue weighted by molar-refractivity contribution is -0.137. The third-order valence-corrected chi connectivity index (χ3v) is 5.14. The first kappa shape index (κ1) is 16.6. The molecule has 1 unspecified atom stereocenters. The van der Waals surface area contributed by atoms with Gasteiger partial charge < -0.3 is 5.32 Å². The molecule has 0 saturated carbocycles. The zero-order valence-electron chi connectivity index (χ0n) is 12.7. The van der Waals surface area contributed by atoms with Gasteiger partial charge in [0.05, 0.1) is 10.5 Å². The summed E-state index contributed by atoms with van der Waals surface area (Å²) >= 11 is 0. The first-order valence-corrected chi connectivity index (χ1v) is 8.73. The van der Waals surface area contributed by atoms with Crippen LogP contribution in [0.15, 0.2) is 47.4 Å². The van der Waals surface area contributed by atoms with Crippen molar-refractivity contribution in [3.63, 3.8) is 0 Å². The first-order valence-electron chi connectivity index (χ1n) is 7.25. The van der Waals surface area contributed by atoms with Crippen LogP contribution in [0.25, 0.3) is 0 Å². The van der Waals surface area contributed by atoms with E-state index in [4.69, 9.17) is 0 Å². The molecule has 2 aromatic rings. The minimum absolute atomic E-state index is 0.0227. The molecule has 1 aliphatic rings. The maximum absolute atomic E-state index is 12.7. The Bertz CT molecular complexity index is 879. The van der Waals surface area contributed by atoms with Crippen LogP contribution in [0.4, 0.5) is 24.5 Å². The molecule has 128 valence electrons. The number of benzene rings is 2. The molecule has 1 heterocycles. The van der Waals surface area contributed by atoms with Gasteiger partial charge in [-0.2, -0.15) is 13.2 Å². The van der Waals surface area contributed by atoms with Gasteiger partial charge in [-0.1, -0.05) is 6.07 Å². The third-order valence-electron chi connectivity index (χ3n) is 3.76. The summed E-state index contributed by atoms with van der Waals surface area (Å²) in [5, 5.41) is 3.21. The Hall–Kier alpha value is -2.22. The number of alkyl halides is 3. The zero-order valence-corrected chi connectivity index (χ0v) is 13.5.